The van der Waals surface area contributed by atoms with Crippen LogP contribution in [0.3, 0.4) is 0 Å². The third-order valence-electron chi connectivity index (χ3n) is 2.23. The topological polar surface area (TPSA) is 95.3 Å². The van der Waals surface area contributed by atoms with Crippen molar-refractivity contribution in [2.45, 2.75) is 12.1 Å². The summed E-state index contributed by atoms with van der Waals surface area (Å²) >= 11 is 0. The van der Waals surface area contributed by atoms with Crippen LogP contribution in [0.25, 0.3) is 10.4 Å². The summed E-state index contributed by atoms with van der Waals surface area (Å²) in [5.74, 6) is -0.537. The van der Waals surface area contributed by atoms with Crippen molar-refractivity contribution in [2.75, 3.05) is 6.61 Å². The lowest BCUT2D eigenvalue weighted by Gasteiger charge is -2.14. The van der Waals surface area contributed by atoms with Gasteiger partial charge in [-0.2, -0.15) is 0 Å². The van der Waals surface area contributed by atoms with Gasteiger partial charge in [-0.15, -0.1) is 6.58 Å². The molecule has 0 aromatic heterocycles. The first kappa shape index (κ1) is 13.8. The minimum Gasteiger partial charge on any atom is -0.462 e. The number of azide groups is 1. The van der Waals surface area contributed by atoms with Crippen LogP contribution < -0.4 is 0 Å². The standard InChI is InChI=1S/C12H13N3O3/c1-2-11(16)10(14-15-13)8-18-12(17)9-6-4-3-5-7-9/h2-7,10-11,16H,1,8H2/t10-,11+/m0/s1. The zero-order valence-corrected chi connectivity index (χ0v) is 9.64. The van der Waals surface area contributed by atoms with E-state index in [1.807, 2.05) is 0 Å². The Balaban J connectivity index is 2.60. The van der Waals surface area contributed by atoms with E-state index < -0.39 is 18.1 Å². The lowest BCUT2D eigenvalue weighted by atomic mass is 10.2. The maximum Gasteiger partial charge on any atom is 0.338 e. The minimum atomic E-state index is -1.05. The molecule has 0 fully saturated rings. The molecule has 2 atom stereocenters. The van der Waals surface area contributed by atoms with Crippen molar-refractivity contribution in [3.05, 3.63) is 59.0 Å². The summed E-state index contributed by atoms with van der Waals surface area (Å²) in [6.07, 6.45) is 0.167. The Kier molecular flexibility index (Phi) is 5.44. The van der Waals surface area contributed by atoms with Crippen LogP contribution in [0.2, 0.25) is 0 Å². The van der Waals surface area contributed by atoms with Gasteiger partial charge >= 0.3 is 5.97 Å². The monoisotopic (exact) mass is 247 g/mol. The molecule has 0 saturated heterocycles. The molecular weight excluding hydrogens is 234 g/mol. The minimum absolute atomic E-state index is 0.203. The number of aliphatic hydroxyl groups is 1. The van der Waals surface area contributed by atoms with E-state index in [0.29, 0.717) is 5.56 Å². The quantitative estimate of drug-likeness (QED) is 0.274. The van der Waals surface area contributed by atoms with Gasteiger partial charge in [-0.1, -0.05) is 29.4 Å². The summed E-state index contributed by atoms with van der Waals surface area (Å²) in [5.41, 5.74) is 8.73. The predicted molar refractivity (Wildman–Crippen MR) is 65.9 cm³/mol. The Morgan fingerprint density at radius 3 is 2.78 bits per heavy atom. The summed E-state index contributed by atoms with van der Waals surface area (Å²) < 4.78 is 4.95. The highest BCUT2D eigenvalue weighted by Gasteiger charge is 2.17. The molecule has 94 valence electrons. The Bertz CT molecular complexity index is 455. The third kappa shape index (κ3) is 3.93. The fraction of sp³-hybridized carbons (Fsp3) is 0.250. The van der Waals surface area contributed by atoms with Crippen molar-refractivity contribution in [2.24, 2.45) is 5.11 Å². The number of carbonyl (C=O) groups excluding carboxylic acids is 1. The van der Waals surface area contributed by atoms with E-state index in [1.165, 1.54) is 6.08 Å². The summed E-state index contributed by atoms with van der Waals surface area (Å²) in [7, 11) is 0. The molecule has 0 spiro atoms. The van der Waals surface area contributed by atoms with Crippen LogP contribution in [0.4, 0.5) is 0 Å². The van der Waals surface area contributed by atoms with E-state index in [4.69, 9.17) is 10.3 Å². The number of esters is 1. The normalized spacial score (nSPS) is 12.9. The summed E-state index contributed by atoms with van der Waals surface area (Å²) in [6, 6.07) is 7.53. The van der Waals surface area contributed by atoms with Crippen molar-refractivity contribution < 1.29 is 14.6 Å². The third-order valence-corrected chi connectivity index (χ3v) is 2.23. The fourth-order valence-electron chi connectivity index (χ4n) is 1.24. The lowest BCUT2D eigenvalue weighted by molar-refractivity contribution is 0.0419. The highest BCUT2D eigenvalue weighted by atomic mass is 16.5. The van der Waals surface area contributed by atoms with E-state index in [2.05, 4.69) is 16.6 Å². The van der Waals surface area contributed by atoms with E-state index in [0.717, 1.165) is 0 Å². The Morgan fingerprint density at radius 2 is 2.22 bits per heavy atom. The molecule has 6 heteroatoms. The average molecular weight is 247 g/mol. The van der Waals surface area contributed by atoms with Crippen molar-refractivity contribution in [1.82, 2.24) is 0 Å². The van der Waals surface area contributed by atoms with Gasteiger partial charge in [0.1, 0.15) is 12.6 Å². The zero-order chi connectivity index (χ0) is 13.4. The summed E-state index contributed by atoms with van der Waals surface area (Å²) in [6.45, 7) is 3.17. The number of hydrogen-bond acceptors (Lipinski definition) is 4. The molecule has 0 amide bonds. The molecule has 1 N–H and O–H groups in total. The second-order valence-corrected chi connectivity index (χ2v) is 3.46. The molecule has 1 aromatic carbocycles. The first-order valence-electron chi connectivity index (χ1n) is 5.26. The molecule has 18 heavy (non-hydrogen) atoms. The first-order chi connectivity index (χ1) is 8.69. The van der Waals surface area contributed by atoms with Gasteiger partial charge in [0.2, 0.25) is 0 Å². The molecular formula is C12H13N3O3. The lowest BCUT2D eigenvalue weighted by Crippen LogP contribution is -2.28. The van der Waals surface area contributed by atoms with Gasteiger partial charge in [-0.25, -0.2) is 4.79 Å². The molecule has 0 radical (unpaired) electrons. The van der Waals surface area contributed by atoms with Gasteiger partial charge in [-0.3, -0.25) is 0 Å². The zero-order valence-electron chi connectivity index (χ0n) is 9.64. The molecule has 0 aliphatic carbocycles. The van der Waals surface area contributed by atoms with Crippen molar-refractivity contribution in [1.29, 1.82) is 0 Å². The second kappa shape index (κ2) is 7.11. The molecule has 1 rings (SSSR count). The number of rotatable bonds is 6. The van der Waals surface area contributed by atoms with E-state index >= 15 is 0 Å². The average Bonchev–Trinajstić information content (AvgIpc) is 2.43. The van der Waals surface area contributed by atoms with Crippen LogP contribution in [0.5, 0.6) is 0 Å². The van der Waals surface area contributed by atoms with Crippen LogP contribution in [0.1, 0.15) is 10.4 Å². The number of ether oxygens (including phenoxy) is 1. The van der Waals surface area contributed by atoms with Gasteiger partial charge in [0.05, 0.1) is 11.7 Å². The fourth-order valence-corrected chi connectivity index (χ4v) is 1.24. The maximum atomic E-state index is 11.6. The largest absolute Gasteiger partial charge is 0.462 e. The predicted octanol–water partition coefficient (Wildman–Crippen LogP) is 2.07. The van der Waals surface area contributed by atoms with Crippen LogP contribution >= 0.6 is 0 Å². The highest BCUT2D eigenvalue weighted by molar-refractivity contribution is 5.89. The highest BCUT2D eigenvalue weighted by Crippen LogP contribution is 2.06. The number of nitrogens with zero attached hydrogens (tertiary/aromatic N) is 3. The van der Waals surface area contributed by atoms with E-state index in [9.17, 15) is 9.90 Å². The number of hydrogen-bond donors (Lipinski definition) is 1. The van der Waals surface area contributed by atoms with Crippen LogP contribution in [0.15, 0.2) is 48.1 Å². The number of benzene rings is 1. The molecule has 0 saturated carbocycles. The second-order valence-electron chi connectivity index (χ2n) is 3.46. The van der Waals surface area contributed by atoms with Gasteiger partial charge in [0.25, 0.3) is 0 Å². The molecule has 1 aromatic rings. The maximum absolute atomic E-state index is 11.6. The van der Waals surface area contributed by atoms with E-state index in [1.54, 1.807) is 30.3 Å². The molecule has 0 aliphatic heterocycles. The smallest absolute Gasteiger partial charge is 0.338 e. The van der Waals surface area contributed by atoms with Crippen LogP contribution in [-0.2, 0) is 4.74 Å². The van der Waals surface area contributed by atoms with Crippen molar-refractivity contribution in [3.8, 4) is 0 Å². The van der Waals surface area contributed by atoms with E-state index in [-0.39, 0.29) is 6.61 Å². The Hall–Kier alpha value is -2.30. The van der Waals surface area contributed by atoms with Gasteiger partial charge in [0, 0.05) is 4.91 Å². The summed E-state index contributed by atoms with van der Waals surface area (Å²) in [5, 5.41) is 12.8. The number of carbonyl (C=O) groups is 1. The first-order valence-corrected chi connectivity index (χ1v) is 5.26. The molecule has 0 heterocycles. The molecule has 0 aliphatic rings. The van der Waals surface area contributed by atoms with Crippen LogP contribution in [0, 0.1) is 0 Å². The Morgan fingerprint density at radius 1 is 1.56 bits per heavy atom. The van der Waals surface area contributed by atoms with Gasteiger partial charge < -0.3 is 9.84 Å². The Labute approximate surface area is 104 Å². The molecule has 0 bridgehead atoms. The molecule has 0 unspecified atom stereocenters. The van der Waals surface area contributed by atoms with Crippen molar-refractivity contribution in [3.63, 3.8) is 0 Å². The number of aliphatic hydroxyl groups excluding tert-OH is 1. The van der Waals surface area contributed by atoms with Crippen LogP contribution in [-0.4, -0.2) is 29.8 Å². The van der Waals surface area contributed by atoms with Gasteiger partial charge in [-0.05, 0) is 17.7 Å². The van der Waals surface area contributed by atoms with Gasteiger partial charge in [0.15, 0.2) is 0 Å². The SMILES string of the molecule is C=C[C@@H](O)[C@H](COC(=O)c1ccccc1)N=[N+]=[N-]. The van der Waals surface area contributed by atoms with Crippen molar-refractivity contribution >= 4 is 5.97 Å². The summed E-state index contributed by atoms with van der Waals surface area (Å²) in [4.78, 5) is 14.2. The molecule has 6 nitrogen and oxygen atoms in total.